The number of aromatic amines is 1. The number of fused-ring (bicyclic) bond motifs is 1. The van der Waals surface area contributed by atoms with Crippen LogP contribution in [0.25, 0.3) is 11.0 Å². The number of nitrogens with zero attached hydrogens (tertiary/aromatic N) is 1. The Bertz CT molecular complexity index is 584. The number of ether oxygens (including phenoxy) is 1. The number of rotatable bonds is 3. The van der Waals surface area contributed by atoms with E-state index in [9.17, 15) is 4.79 Å². The lowest BCUT2D eigenvalue weighted by Gasteiger charge is -2.19. The third-order valence-electron chi connectivity index (χ3n) is 3.02. The number of imidazole rings is 1. The number of H-pyrrole nitrogens is 1. The predicted molar refractivity (Wildman–Crippen MR) is 70.5 cm³/mol. The fourth-order valence-corrected chi connectivity index (χ4v) is 1.83. The molecule has 0 bridgehead atoms. The van der Waals surface area contributed by atoms with Gasteiger partial charge in [0, 0.05) is 0 Å². The van der Waals surface area contributed by atoms with Gasteiger partial charge in [-0.1, -0.05) is 6.07 Å². The number of aromatic nitrogens is 2. The van der Waals surface area contributed by atoms with Gasteiger partial charge in [-0.25, -0.2) is 4.98 Å². The molecule has 18 heavy (non-hydrogen) atoms. The molecule has 0 radical (unpaired) electrons. The van der Waals surface area contributed by atoms with Crippen molar-refractivity contribution in [3.8, 4) is 0 Å². The SMILES string of the molecule is CCOC(=O)C(C)(C)c1nc2ccc(C)cc2[nH]1. The molecule has 96 valence electrons. The average molecular weight is 246 g/mol. The molecule has 4 heteroatoms. The number of esters is 1. The highest BCUT2D eigenvalue weighted by Gasteiger charge is 2.34. The van der Waals surface area contributed by atoms with Gasteiger partial charge < -0.3 is 9.72 Å². The second kappa shape index (κ2) is 4.44. The van der Waals surface area contributed by atoms with Crippen LogP contribution >= 0.6 is 0 Å². The molecule has 2 aromatic rings. The summed E-state index contributed by atoms with van der Waals surface area (Å²) in [5.74, 6) is 0.377. The highest BCUT2D eigenvalue weighted by Crippen LogP contribution is 2.25. The van der Waals surface area contributed by atoms with Crippen LogP contribution in [0.1, 0.15) is 32.2 Å². The van der Waals surface area contributed by atoms with Crippen LogP contribution in [-0.4, -0.2) is 22.5 Å². The molecule has 1 heterocycles. The molecule has 1 aromatic heterocycles. The molecule has 0 aliphatic rings. The van der Waals surface area contributed by atoms with Crippen LogP contribution in [0.2, 0.25) is 0 Å². The third-order valence-corrected chi connectivity index (χ3v) is 3.02. The van der Waals surface area contributed by atoms with Gasteiger partial charge in [0.1, 0.15) is 11.2 Å². The second-order valence-electron chi connectivity index (χ2n) is 4.95. The maximum atomic E-state index is 11.9. The van der Waals surface area contributed by atoms with Crippen LogP contribution in [0.4, 0.5) is 0 Å². The van der Waals surface area contributed by atoms with E-state index in [-0.39, 0.29) is 5.97 Å². The van der Waals surface area contributed by atoms with Crippen LogP contribution in [0.3, 0.4) is 0 Å². The maximum absolute atomic E-state index is 11.9. The van der Waals surface area contributed by atoms with Crippen molar-refractivity contribution in [3.63, 3.8) is 0 Å². The van der Waals surface area contributed by atoms with Gasteiger partial charge in [-0.15, -0.1) is 0 Å². The zero-order valence-corrected chi connectivity index (χ0v) is 11.2. The molecular formula is C14H18N2O2. The van der Waals surface area contributed by atoms with Crippen molar-refractivity contribution in [3.05, 3.63) is 29.6 Å². The van der Waals surface area contributed by atoms with Crippen molar-refractivity contribution in [2.24, 2.45) is 0 Å². The minimum Gasteiger partial charge on any atom is -0.465 e. The zero-order valence-electron chi connectivity index (χ0n) is 11.2. The van der Waals surface area contributed by atoms with Crippen LogP contribution in [0.15, 0.2) is 18.2 Å². The van der Waals surface area contributed by atoms with Gasteiger partial charge >= 0.3 is 5.97 Å². The zero-order chi connectivity index (χ0) is 13.3. The Labute approximate surface area is 106 Å². The predicted octanol–water partition coefficient (Wildman–Crippen LogP) is 2.71. The van der Waals surface area contributed by atoms with E-state index in [1.807, 2.05) is 39.0 Å². The van der Waals surface area contributed by atoms with Gasteiger partial charge in [-0.05, 0) is 45.4 Å². The maximum Gasteiger partial charge on any atom is 0.319 e. The molecular weight excluding hydrogens is 228 g/mol. The van der Waals surface area contributed by atoms with Gasteiger partial charge in [0.15, 0.2) is 0 Å². The van der Waals surface area contributed by atoms with Crippen molar-refractivity contribution >= 4 is 17.0 Å². The molecule has 1 N–H and O–H groups in total. The lowest BCUT2D eigenvalue weighted by atomic mass is 9.93. The molecule has 0 atom stereocenters. The summed E-state index contributed by atoms with van der Waals surface area (Å²) >= 11 is 0. The first-order valence-corrected chi connectivity index (χ1v) is 6.09. The van der Waals surface area contributed by atoms with E-state index in [0.29, 0.717) is 12.4 Å². The Hall–Kier alpha value is -1.84. The van der Waals surface area contributed by atoms with Gasteiger partial charge in [0.05, 0.1) is 17.6 Å². The lowest BCUT2D eigenvalue weighted by molar-refractivity contribution is -0.149. The topological polar surface area (TPSA) is 55.0 Å². The summed E-state index contributed by atoms with van der Waals surface area (Å²) in [6.07, 6.45) is 0. The van der Waals surface area contributed by atoms with E-state index < -0.39 is 5.41 Å². The molecule has 0 unspecified atom stereocenters. The molecule has 4 nitrogen and oxygen atoms in total. The van der Waals surface area contributed by atoms with Crippen LogP contribution in [-0.2, 0) is 14.9 Å². The molecule has 0 saturated heterocycles. The van der Waals surface area contributed by atoms with Gasteiger partial charge in [-0.2, -0.15) is 0 Å². The third kappa shape index (κ3) is 2.10. The summed E-state index contributed by atoms with van der Waals surface area (Å²) in [6, 6.07) is 5.98. The van der Waals surface area contributed by atoms with Gasteiger partial charge in [0.25, 0.3) is 0 Å². The average Bonchev–Trinajstić information content (AvgIpc) is 2.72. The smallest absolute Gasteiger partial charge is 0.319 e. The minimum absolute atomic E-state index is 0.263. The standard InChI is InChI=1S/C14H18N2O2/c1-5-18-13(17)14(3,4)12-15-10-7-6-9(2)8-11(10)16-12/h6-8H,5H2,1-4H3,(H,15,16). The Morgan fingerprint density at radius 1 is 1.44 bits per heavy atom. The van der Waals surface area contributed by atoms with E-state index in [1.54, 1.807) is 6.92 Å². The summed E-state index contributed by atoms with van der Waals surface area (Å²) in [6.45, 7) is 7.83. The van der Waals surface area contributed by atoms with E-state index in [1.165, 1.54) is 0 Å². The van der Waals surface area contributed by atoms with E-state index in [0.717, 1.165) is 16.6 Å². The molecule has 0 aliphatic heterocycles. The fourth-order valence-electron chi connectivity index (χ4n) is 1.83. The van der Waals surface area contributed by atoms with Crippen LogP contribution < -0.4 is 0 Å². The van der Waals surface area contributed by atoms with E-state index in [4.69, 9.17) is 4.74 Å². The first kappa shape index (κ1) is 12.6. The van der Waals surface area contributed by atoms with Gasteiger partial charge in [0.2, 0.25) is 0 Å². The molecule has 0 aliphatic carbocycles. The van der Waals surface area contributed by atoms with Crippen molar-refractivity contribution in [1.82, 2.24) is 9.97 Å². The normalized spacial score (nSPS) is 11.8. The van der Waals surface area contributed by atoms with E-state index in [2.05, 4.69) is 9.97 Å². The molecule has 0 fully saturated rings. The quantitative estimate of drug-likeness (QED) is 0.847. The summed E-state index contributed by atoms with van der Waals surface area (Å²) in [7, 11) is 0. The molecule has 0 saturated carbocycles. The summed E-state index contributed by atoms with van der Waals surface area (Å²) < 4.78 is 5.08. The minimum atomic E-state index is -0.761. The highest BCUT2D eigenvalue weighted by atomic mass is 16.5. The first-order valence-electron chi connectivity index (χ1n) is 6.09. The van der Waals surface area contributed by atoms with Crippen molar-refractivity contribution in [2.75, 3.05) is 6.61 Å². The van der Waals surface area contributed by atoms with Crippen molar-refractivity contribution in [2.45, 2.75) is 33.1 Å². The van der Waals surface area contributed by atoms with Crippen molar-refractivity contribution < 1.29 is 9.53 Å². The summed E-state index contributed by atoms with van der Waals surface area (Å²) in [4.78, 5) is 19.6. The Balaban J connectivity index is 2.44. The molecule has 0 amide bonds. The Morgan fingerprint density at radius 2 is 2.17 bits per heavy atom. The molecule has 2 rings (SSSR count). The van der Waals surface area contributed by atoms with Crippen LogP contribution in [0.5, 0.6) is 0 Å². The van der Waals surface area contributed by atoms with Gasteiger partial charge in [-0.3, -0.25) is 4.79 Å². The molecule has 0 spiro atoms. The Morgan fingerprint density at radius 3 is 2.83 bits per heavy atom. The highest BCUT2D eigenvalue weighted by molar-refractivity contribution is 5.83. The number of carbonyl (C=O) groups excluding carboxylic acids is 1. The number of nitrogens with one attached hydrogen (secondary N) is 1. The molecule has 1 aromatic carbocycles. The number of carbonyl (C=O) groups is 1. The monoisotopic (exact) mass is 246 g/mol. The number of hydrogen-bond donors (Lipinski definition) is 1. The number of aryl methyl sites for hydroxylation is 1. The summed E-state index contributed by atoms with van der Waals surface area (Å²) in [5, 5.41) is 0. The van der Waals surface area contributed by atoms with Crippen molar-refractivity contribution in [1.29, 1.82) is 0 Å². The first-order chi connectivity index (χ1) is 8.45. The fraction of sp³-hybridized carbons (Fsp3) is 0.429. The van der Waals surface area contributed by atoms with E-state index >= 15 is 0 Å². The summed E-state index contributed by atoms with van der Waals surface area (Å²) in [5.41, 5.74) is 2.21. The largest absolute Gasteiger partial charge is 0.465 e. The van der Waals surface area contributed by atoms with Crippen LogP contribution in [0, 0.1) is 6.92 Å². The lowest BCUT2D eigenvalue weighted by Crippen LogP contribution is -2.32. The number of benzene rings is 1. The Kier molecular flexibility index (Phi) is 3.11. The number of hydrogen-bond acceptors (Lipinski definition) is 3. The second-order valence-corrected chi connectivity index (χ2v) is 4.95.